The van der Waals surface area contributed by atoms with Crippen LogP contribution in [0.1, 0.15) is 63.5 Å². The number of carbonyl (C=O) groups is 1. The van der Waals surface area contributed by atoms with Gasteiger partial charge >= 0.3 is 0 Å². The molecular formula is C26H36N4O. The molecule has 5 nitrogen and oxygen atoms in total. The minimum absolute atomic E-state index is 0.321. The molecule has 4 rings (SSSR count). The summed E-state index contributed by atoms with van der Waals surface area (Å²) in [7, 11) is 0. The summed E-state index contributed by atoms with van der Waals surface area (Å²) in [5, 5.41) is 8.82. The molecule has 1 unspecified atom stereocenters. The molecular weight excluding hydrogens is 384 g/mol. The van der Waals surface area contributed by atoms with E-state index in [0.29, 0.717) is 36.1 Å². The van der Waals surface area contributed by atoms with Gasteiger partial charge in [0.25, 0.3) is 0 Å². The second-order valence-corrected chi connectivity index (χ2v) is 9.90. The normalized spacial score (nSPS) is 23.4. The number of hydrogen-bond donors (Lipinski definition) is 1. The first kappa shape index (κ1) is 21.9. The Hall–Kier alpha value is -2.27. The van der Waals surface area contributed by atoms with Crippen LogP contribution in [0.25, 0.3) is 10.9 Å². The molecule has 0 aliphatic carbocycles. The first-order chi connectivity index (χ1) is 15.0. The fraction of sp³-hybridized carbons (Fsp3) is 0.577. The molecule has 31 heavy (non-hydrogen) atoms. The van der Waals surface area contributed by atoms with Gasteiger partial charge in [0, 0.05) is 54.8 Å². The zero-order valence-corrected chi connectivity index (χ0v) is 19.2. The highest BCUT2D eigenvalue weighted by molar-refractivity contribution is 5.98. The van der Waals surface area contributed by atoms with Crippen LogP contribution < -0.4 is 0 Å². The number of nitrogens with one attached hydrogen (secondary N) is 1. The fourth-order valence-corrected chi connectivity index (χ4v) is 5.52. The van der Waals surface area contributed by atoms with E-state index in [2.05, 4.69) is 47.7 Å². The van der Waals surface area contributed by atoms with Gasteiger partial charge in [0.15, 0.2) is 0 Å². The van der Waals surface area contributed by atoms with Crippen LogP contribution in [0.15, 0.2) is 30.5 Å². The number of aromatic nitrogens is 1. The predicted molar refractivity (Wildman–Crippen MR) is 127 cm³/mol. The van der Waals surface area contributed by atoms with Crippen molar-refractivity contribution in [2.24, 2.45) is 11.8 Å². The highest BCUT2D eigenvalue weighted by atomic mass is 16.2. The Bertz CT molecular complexity index is 932. The molecule has 1 amide bonds. The first-order valence-corrected chi connectivity index (χ1v) is 11.9. The lowest BCUT2D eigenvalue weighted by molar-refractivity contribution is -0.134. The summed E-state index contributed by atoms with van der Waals surface area (Å²) >= 11 is 0. The van der Waals surface area contributed by atoms with Gasteiger partial charge in [-0.25, -0.2) is 0 Å². The molecule has 2 aliphatic heterocycles. The molecule has 0 radical (unpaired) electrons. The SMILES string of the molecule is CC(C)N1CCC(CC(=O)N2CC(c3ccc(C=N)c4ncccc34)C[C@@H](C)C2)CC1. The van der Waals surface area contributed by atoms with Crippen LogP contribution in [0.3, 0.4) is 0 Å². The summed E-state index contributed by atoms with van der Waals surface area (Å²) in [6.07, 6.45) is 7.23. The van der Waals surface area contributed by atoms with E-state index < -0.39 is 0 Å². The Morgan fingerprint density at radius 2 is 2.00 bits per heavy atom. The lowest BCUT2D eigenvalue weighted by Gasteiger charge is -2.39. The van der Waals surface area contributed by atoms with Gasteiger partial charge in [0.05, 0.1) is 5.52 Å². The molecule has 0 bridgehead atoms. The largest absolute Gasteiger partial charge is 0.342 e. The summed E-state index contributed by atoms with van der Waals surface area (Å²) in [5.41, 5.74) is 3.01. The van der Waals surface area contributed by atoms with Crippen LogP contribution in [0.4, 0.5) is 0 Å². The smallest absolute Gasteiger partial charge is 0.222 e. The standard InChI is InChI=1S/C26H36N4O/c1-18(2)29-11-8-20(9-12-29)14-25(31)30-16-19(3)13-22(17-30)23-7-6-21(15-27)26-24(23)5-4-10-28-26/h4-7,10,15,18-20,22,27H,8-9,11-14,16-17H2,1-3H3/t19-,22?/m1/s1. The Labute approximate surface area is 186 Å². The van der Waals surface area contributed by atoms with E-state index in [-0.39, 0.29) is 0 Å². The summed E-state index contributed by atoms with van der Waals surface area (Å²) in [6, 6.07) is 8.84. The third-order valence-corrected chi connectivity index (χ3v) is 7.29. The van der Waals surface area contributed by atoms with E-state index in [0.717, 1.165) is 61.9 Å². The van der Waals surface area contributed by atoms with Gasteiger partial charge in [-0.05, 0) is 69.7 Å². The number of amides is 1. The van der Waals surface area contributed by atoms with Gasteiger partial charge in [-0.1, -0.05) is 25.1 Å². The van der Waals surface area contributed by atoms with Crippen molar-refractivity contribution >= 4 is 23.0 Å². The summed E-state index contributed by atoms with van der Waals surface area (Å²) in [5.74, 6) is 1.66. The number of nitrogens with zero attached hydrogens (tertiary/aromatic N) is 3. The third kappa shape index (κ3) is 4.82. The Balaban J connectivity index is 1.47. The molecule has 5 heteroatoms. The van der Waals surface area contributed by atoms with Crippen LogP contribution in [-0.2, 0) is 4.79 Å². The van der Waals surface area contributed by atoms with Crippen molar-refractivity contribution in [1.29, 1.82) is 5.41 Å². The molecule has 3 heterocycles. The molecule has 166 valence electrons. The molecule has 2 saturated heterocycles. The number of benzene rings is 1. The Kier molecular flexibility index (Phi) is 6.71. The van der Waals surface area contributed by atoms with Gasteiger partial charge < -0.3 is 15.2 Å². The third-order valence-electron chi connectivity index (χ3n) is 7.29. The predicted octanol–water partition coefficient (Wildman–Crippen LogP) is 4.69. The zero-order chi connectivity index (χ0) is 22.0. The molecule has 2 aromatic rings. The van der Waals surface area contributed by atoms with E-state index >= 15 is 0 Å². The monoisotopic (exact) mass is 420 g/mol. The minimum Gasteiger partial charge on any atom is -0.342 e. The van der Waals surface area contributed by atoms with E-state index in [4.69, 9.17) is 5.41 Å². The lowest BCUT2D eigenvalue weighted by atomic mass is 9.82. The number of rotatable bonds is 5. The highest BCUT2D eigenvalue weighted by Gasteiger charge is 2.31. The van der Waals surface area contributed by atoms with E-state index in [9.17, 15) is 4.79 Å². The van der Waals surface area contributed by atoms with Gasteiger partial charge in [0.1, 0.15) is 0 Å². The molecule has 1 N–H and O–H groups in total. The van der Waals surface area contributed by atoms with Gasteiger partial charge in [-0.15, -0.1) is 0 Å². The molecule has 2 fully saturated rings. The summed E-state index contributed by atoms with van der Waals surface area (Å²) in [6.45, 7) is 10.7. The first-order valence-electron chi connectivity index (χ1n) is 11.9. The molecule has 2 aliphatic rings. The Morgan fingerprint density at radius 3 is 2.71 bits per heavy atom. The van der Waals surface area contributed by atoms with Gasteiger partial charge in [-0.2, -0.15) is 0 Å². The van der Waals surface area contributed by atoms with Crippen LogP contribution in [0.5, 0.6) is 0 Å². The maximum Gasteiger partial charge on any atom is 0.222 e. The lowest BCUT2D eigenvalue weighted by Crippen LogP contribution is -2.44. The Morgan fingerprint density at radius 1 is 1.23 bits per heavy atom. The average Bonchev–Trinajstić information content (AvgIpc) is 2.78. The minimum atomic E-state index is 0.321. The fourth-order valence-electron chi connectivity index (χ4n) is 5.52. The number of carbonyl (C=O) groups excluding carboxylic acids is 1. The number of piperidine rings is 2. The van der Waals surface area contributed by atoms with Crippen molar-refractivity contribution in [1.82, 2.24) is 14.8 Å². The van der Waals surface area contributed by atoms with Crippen molar-refractivity contribution < 1.29 is 4.79 Å². The van der Waals surface area contributed by atoms with Gasteiger partial charge in [-0.3, -0.25) is 9.78 Å². The summed E-state index contributed by atoms with van der Waals surface area (Å²) < 4.78 is 0. The van der Waals surface area contributed by atoms with E-state index in [1.807, 2.05) is 12.1 Å². The zero-order valence-electron chi connectivity index (χ0n) is 19.2. The van der Waals surface area contributed by atoms with E-state index in [1.165, 1.54) is 11.8 Å². The van der Waals surface area contributed by atoms with Crippen LogP contribution in [-0.4, -0.2) is 59.1 Å². The van der Waals surface area contributed by atoms with Crippen LogP contribution >= 0.6 is 0 Å². The van der Waals surface area contributed by atoms with Crippen LogP contribution in [0.2, 0.25) is 0 Å². The highest BCUT2D eigenvalue weighted by Crippen LogP contribution is 2.35. The topological polar surface area (TPSA) is 60.3 Å². The van der Waals surface area contributed by atoms with Crippen molar-refractivity contribution in [2.45, 2.75) is 58.4 Å². The second kappa shape index (κ2) is 9.47. The molecule has 1 aromatic heterocycles. The number of likely N-dealkylation sites (tertiary alicyclic amines) is 2. The number of pyridine rings is 1. The molecule has 0 saturated carbocycles. The maximum atomic E-state index is 13.2. The average molecular weight is 421 g/mol. The van der Waals surface area contributed by atoms with Crippen molar-refractivity contribution in [3.63, 3.8) is 0 Å². The number of fused-ring (bicyclic) bond motifs is 1. The van der Waals surface area contributed by atoms with E-state index in [1.54, 1.807) is 6.20 Å². The second-order valence-electron chi connectivity index (χ2n) is 9.90. The van der Waals surface area contributed by atoms with Crippen molar-refractivity contribution in [3.8, 4) is 0 Å². The van der Waals surface area contributed by atoms with Gasteiger partial charge in [0.2, 0.25) is 5.91 Å². The van der Waals surface area contributed by atoms with Crippen molar-refractivity contribution in [2.75, 3.05) is 26.2 Å². The summed E-state index contributed by atoms with van der Waals surface area (Å²) in [4.78, 5) is 22.4. The maximum absolute atomic E-state index is 13.2. The molecule has 2 atom stereocenters. The molecule has 0 spiro atoms. The van der Waals surface area contributed by atoms with Crippen molar-refractivity contribution in [3.05, 3.63) is 41.6 Å². The quantitative estimate of drug-likeness (QED) is 0.714. The number of hydrogen-bond acceptors (Lipinski definition) is 4. The van der Waals surface area contributed by atoms with Crippen LogP contribution in [0, 0.1) is 17.2 Å². The molecule has 1 aromatic carbocycles.